The molecule has 2 nitrogen and oxygen atoms in total. The molecule has 1 aliphatic carbocycles. The summed E-state index contributed by atoms with van der Waals surface area (Å²) in [6.07, 6.45) is 3.54. The summed E-state index contributed by atoms with van der Waals surface area (Å²) in [5.74, 6) is 0. The van der Waals surface area contributed by atoms with E-state index in [0.29, 0.717) is 6.54 Å². The van der Waals surface area contributed by atoms with Gasteiger partial charge in [-0.25, -0.2) is 0 Å². The van der Waals surface area contributed by atoms with Crippen molar-refractivity contribution in [3.05, 3.63) is 34.9 Å². The summed E-state index contributed by atoms with van der Waals surface area (Å²) in [5, 5.41) is 0.751. The van der Waals surface area contributed by atoms with Gasteiger partial charge in [0.2, 0.25) is 0 Å². The second kappa shape index (κ2) is 4.12. The monoisotopic (exact) mass is 224 g/mol. The number of hydrogen-bond donors (Lipinski definition) is 2. The SMILES string of the molecule is NCC1(C(N)c2ccc(Cl)cc2)CCC1. The smallest absolute Gasteiger partial charge is 0.0406 e. The molecular weight excluding hydrogens is 208 g/mol. The second-order valence-corrected chi connectivity index (χ2v) is 4.89. The molecule has 0 aliphatic heterocycles. The van der Waals surface area contributed by atoms with Crippen molar-refractivity contribution in [3.8, 4) is 0 Å². The lowest BCUT2D eigenvalue weighted by Crippen LogP contribution is -2.46. The van der Waals surface area contributed by atoms with Crippen LogP contribution in [0.15, 0.2) is 24.3 Å². The third-order valence-electron chi connectivity index (χ3n) is 3.64. The van der Waals surface area contributed by atoms with Gasteiger partial charge >= 0.3 is 0 Å². The molecule has 1 fully saturated rings. The first-order valence-electron chi connectivity index (χ1n) is 5.39. The topological polar surface area (TPSA) is 52.0 Å². The van der Waals surface area contributed by atoms with Crippen LogP contribution < -0.4 is 11.5 Å². The Bertz CT molecular complexity index is 324. The van der Waals surface area contributed by atoms with E-state index in [0.717, 1.165) is 23.4 Å². The lowest BCUT2D eigenvalue weighted by molar-refractivity contribution is 0.105. The van der Waals surface area contributed by atoms with Crippen LogP contribution in [0.25, 0.3) is 0 Å². The minimum absolute atomic E-state index is 0.0496. The van der Waals surface area contributed by atoms with Crippen LogP contribution in [0.3, 0.4) is 0 Å². The van der Waals surface area contributed by atoms with Gasteiger partial charge in [0.05, 0.1) is 0 Å². The summed E-state index contributed by atoms with van der Waals surface area (Å²) in [5.41, 5.74) is 13.4. The summed E-state index contributed by atoms with van der Waals surface area (Å²) in [6, 6.07) is 7.83. The van der Waals surface area contributed by atoms with Gasteiger partial charge in [-0.1, -0.05) is 30.2 Å². The molecule has 0 bridgehead atoms. The van der Waals surface area contributed by atoms with Crippen molar-refractivity contribution in [2.75, 3.05) is 6.54 Å². The molecule has 82 valence electrons. The third-order valence-corrected chi connectivity index (χ3v) is 3.90. The van der Waals surface area contributed by atoms with E-state index >= 15 is 0 Å². The lowest BCUT2D eigenvalue weighted by atomic mass is 9.63. The van der Waals surface area contributed by atoms with Crippen LogP contribution in [0.2, 0.25) is 5.02 Å². The lowest BCUT2D eigenvalue weighted by Gasteiger charge is -2.45. The standard InChI is InChI=1S/C12H17ClN2/c13-10-4-2-9(3-5-10)11(15)12(8-14)6-1-7-12/h2-5,11H,1,6-8,14-15H2. The van der Waals surface area contributed by atoms with Gasteiger partial charge in [-0.3, -0.25) is 0 Å². The number of rotatable bonds is 3. The molecule has 15 heavy (non-hydrogen) atoms. The van der Waals surface area contributed by atoms with Crippen molar-refractivity contribution in [3.63, 3.8) is 0 Å². The van der Waals surface area contributed by atoms with Gasteiger partial charge in [0.15, 0.2) is 0 Å². The van der Waals surface area contributed by atoms with E-state index in [4.69, 9.17) is 23.1 Å². The van der Waals surface area contributed by atoms with Crippen molar-refractivity contribution in [2.24, 2.45) is 16.9 Å². The minimum atomic E-state index is 0.0496. The fourth-order valence-corrected chi connectivity index (χ4v) is 2.42. The van der Waals surface area contributed by atoms with Gasteiger partial charge in [0.25, 0.3) is 0 Å². The molecule has 0 amide bonds. The van der Waals surface area contributed by atoms with E-state index < -0.39 is 0 Å². The molecule has 0 saturated heterocycles. The number of benzene rings is 1. The van der Waals surface area contributed by atoms with Crippen LogP contribution in [0, 0.1) is 5.41 Å². The van der Waals surface area contributed by atoms with Gasteiger partial charge in [-0.15, -0.1) is 0 Å². The Morgan fingerprint density at radius 1 is 1.27 bits per heavy atom. The largest absolute Gasteiger partial charge is 0.330 e. The van der Waals surface area contributed by atoms with Crippen LogP contribution in [0.1, 0.15) is 30.9 Å². The molecule has 0 heterocycles. The van der Waals surface area contributed by atoms with Crippen molar-refractivity contribution in [1.82, 2.24) is 0 Å². The molecule has 3 heteroatoms. The highest BCUT2D eigenvalue weighted by atomic mass is 35.5. The molecule has 2 rings (SSSR count). The van der Waals surface area contributed by atoms with E-state index in [9.17, 15) is 0 Å². The van der Waals surface area contributed by atoms with Gasteiger partial charge in [-0.2, -0.15) is 0 Å². The van der Waals surface area contributed by atoms with Gasteiger partial charge < -0.3 is 11.5 Å². The van der Waals surface area contributed by atoms with Gasteiger partial charge in [0, 0.05) is 16.5 Å². The Morgan fingerprint density at radius 3 is 2.27 bits per heavy atom. The maximum Gasteiger partial charge on any atom is 0.0406 e. The fraction of sp³-hybridized carbons (Fsp3) is 0.500. The maximum absolute atomic E-state index is 6.27. The van der Waals surface area contributed by atoms with Crippen molar-refractivity contribution in [1.29, 1.82) is 0 Å². The summed E-state index contributed by atoms with van der Waals surface area (Å²) in [7, 11) is 0. The van der Waals surface area contributed by atoms with Crippen LogP contribution in [-0.4, -0.2) is 6.54 Å². The van der Waals surface area contributed by atoms with E-state index in [2.05, 4.69) is 0 Å². The predicted molar refractivity (Wildman–Crippen MR) is 63.7 cm³/mol. The molecule has 1 unspecified atom stereocenters. The Morgan fingerprint density at radius 2 is 1.87 bits per heavy atom. The quantitative estimate of drug-likeness (QED) is 0.829. The van der Waals surface area contributed by atoms with E-state index in [1.165, 1.54) is 6.42 Å². The van der Waals surface area contributed by atoms with E-state index in [1.807, 2.05) is 24.3 Å². The van der Waals surface area contributed by atoms with Gasteiger partial charge in [0.1, 0.15) is 0 Å². The highest BCUT2D eigenvalue weighted by Gasteiger charge is 2.41. The Balaban J connectivity index is 2.19. The van der Waals surface area contributed by atoms with E-state index in [-0.39, 0.29) is 11.5 Å². The second-order valence-electron chi connectivity index (χ2n) is 4.45. The van der Waals surface area contributed by atoms with Crippen molar-refractivity contribution < 1.29 is 0 Å². The first-order valence-corrected chi connectivity index (χ1v) is 5.77. The normalized spacial score (nSPS) is 20.7. The van der Waals surface area contributed by atoms with E-state index in [1.54, 1.807) is 0 Å². The first kappa shape index (κ1) is 10.9. The number of nitrogens with two attached hydrogens (primary N) is 2. The molecule has 4 N–H and O–H groups in total. The molecule has 0 aromatic heterocycles. The van der Waals surface area contributed by atoms with Crippen LogP contribution in [0.5, 0.6) is 0 Å². The summed E-state index contributed by atoms with van der Waals surface area (Å²) >= 11 is 5.85. The summed E-state index contributed by atoms with van der Waals surface area (Å²) in [4.78, 5) is 0. The number of hydrogen-bond acceptors (Lipinski definition) is 2. The highest BCUT2D eigenvalue weighted by Crippen LogP contribution is 2.48. The van der Waals surface area contributed by atoms with Crippen LogP contribution >= 0.6 is 11.6 Å². The van der Waals surface area contributed by atoms with Crippen LogP contribution in [0.4, 0.5) is 0 Å². The zero-order valence-electron chi connectivity index (χ0n) is 8.75. The van der Waals surface area contributed by atoms with Gasteiger partial charge in [-0.05, 0) is 37.1 Å². The zero-order chi connectivity index (χ0) is 10.9. The van der Waals surface area contributed by atoms with Crippen molar-refractivity contribution >= 4 is 11.6 Å². The minimum Gasteiger partial charge on any atom is -0.330 e. The predicted octanol–water partition coefficient (Wildman–Crippen LogP) is 2.47. The summed E-state index contributed by atoms with van der Waals surface area (Å²) in [6.45, 7) is 0.677. The molecule has 0 radical (unpaired) electrons. The Labute approximate surface area is 95.6 Å². The average molecular weight is 225 g/mol. The third kappa shape index (κ3) is 1.89. The molecule has 1 aromatic carbocycles. The molecule has 1 aliphatic rings. The Kier molecular flexibility index (Phi) is 3.01. The molecule has 1 saturated carbocycles. The molecule has 1 aromatic rings. The van der Waals surface area contributed by atoms with Crippen LogP contribution in [-0.2, 0) is 0 Å². The summed E-state index contributed by atoms with van der Waals surface area (Å²) < 4.78 is 0. The zero-order valence-corrected chi connectivity index (χ0v) is 9.50. The first-order chi connectivity index (χ1) is 7.18. The highest BCUT2D eigenvalue weighted by molar-refractivity contribution is 6.30. The molecule has 1 atom stereocenters. The number of halogens is 1. The maximum atomic E-state index is 6.27. The molecule has 0 spiro atoms. The molecular formula is C12H17ClN2. The average Bonchev–Trinajstić information content (AvgIpc) is 2.18. The fourth-order valence-electron chi connectivity index (χ4n) is 2.30. The Hall–Kier alpha value is -0.570. The van der Waals surface area contributed by atoms with Crippen molar-refractivity contribution in [2.45, 2.75) is 25.3 Å².